The summed E-state index contributed by atoms with van der Waals surface area (Å²) in [6, 6.07) is 18.8. The van der Waals surface area contributed by atoms with Crippen LogP contribution in [0.4, 0.5) is 4.39 Å². The Bertz CT molecular complexity index is 981. The standard InChI is InChI=1S/C25H25FN2OS/c26-22-11-9-18(10-12-22)5-4-14-30-25-23(8-3-13-27-25)24(29)28-17-19-15-20-6-1-2-7-21(20)16-19/h1-3,6-13,19H,4-5,14-17H2,(H,28,29). The van der Waals surface area contributed by atoms with Gasteiger partial charge in [-0.2, -0.15) is 0 Å². The summed E-state index contributed by atoms with van der Waals surface area (Å²) in [7, 11) is 0. The summed E-state index contributed by atoms with van der Waals surface area (Å²) in [6.45, 7) is 0.678. The molecule has 1 aliphatic carbocycles. The lowest BCUT2D eigenvalue weighted by Crippen LogP contribution is -2.30. The van der Waals surface area contributed by atoms with Crippen LogP contribution in [-0.2, 0) is 19.3 Å². The first-order valence-corrected chi connectivity index (χ1v) is 11.3. The second-order valence-corrected chi connectivity index (χ2v) is 8.77. The van der Waals surface area contributed by atoms with Crippen LogP contribution in [0, 0.1) is 11.7 Å². The van der Waals surface area contributed by atoms with Crippen LogP contribution in [0.2, 0.25) is 0 Å². The van der Waals surface area contributed by atoms with E-state index in [9.17, 15) is 9.18 Å². The molecule has 1 aliphatic rings. The summed E-state index contributed by atoms with van der Waals surface area (Å²) in [4.78, 5) is 17.2. The van der Waals surface area contributed by atoms with E-state index in [0.717, 1.165) is 42.0 Å². The maximum Gasteiger partial charge on any atom is 0.254 e. The second kappa shape index (κ2) is 9.90. The minimum atomic E-state index is -0.209. The van der Waals surface area contributed by atoms with Crippen molar-refractivity contribution in [1.82, 2.24) is 10.3 Å². The number of halogens is 1. The molecule has 3 aromatic rings. The van der Waals surface area contributed by atoms with E-state index in [0.29, 0.717) is 18.0 Å². The first-order valence-electron chi connectivity index (χ1n) is 10.4. The molecule has 0 saturated heterocycles. The van der Waals surface area contributed by atoms with Gasteiger partial charge in [-0.3, -0.25) is 4.79 Å². The smallest absolute Gasteiger partial charge is 0.254 e. The SMILES string of the molecule is O=C(NCC1Cc2ccccc2C1)c1cccnc1SCCCc1ccc(F)cc1. The van der Waals surface area contributed by atoms with E-state index in [1.54, 1.807) is 18.0 Å². The Morgan fingerprint density at radius 1 is 1.03 bits per heavy atom. The van der Waals surface area contributed by atoms with E-state index < -0.39 is 0 Å². The van der Waals surface area contributed by atoms with Crippen molar-refractivity contribution in [3.63, 3.8) is 0 Å². The van der Waals surface area contributed by atoms with Crippen molar-refractivity contribution in [2.75, 3.05) is 12.3 Å². The average Bonchev–Trinajstić information content (AvgIpc) is 3.20. The first kappa shape index (κ1) is 20.6. The van der Waals surface area contributed by atoms with E-state index >= 15 is 0 Å². The summed E-state index contributed by atoms with van der Waals surface area (Å²) in [5.74, 6) is 1.04. The number of carbonyl (C=O) groups is 1. The number of nitrogens with zero attached hydrogens (tertiary/aromatic N) is 1. The maximum atomic E-state index is 13.0. The van der Waals surface area contributed by atoms with Crippen LogP contribution in [0.15, 0.2) is 71.9 Å². The quantitative estimate of drug-likeness (QED) is 0.408. The molecular weight excluding hydrogens is 395 g/mol. The molecule has 0 bridgehead atoms. The average molecular weight is 421 g/mol. The molecule has 3 nitrogen and oxygen atoms in total. The summed E-state index contributed by atoms with van der Waals surface area (Å²) >= 11 is 1.60. The zero-order valence-corrected chi connectivity index (χ0v) is 17.6. The van der Waals surface area contributed by atoms with Gasteiger partial charge in [-0.05, 0) is 78.3 Å². The zero-order chi connectivity index (χ0) is 20.8. The fourth-order valence-corrected chi connectivity index (χ4v) is 4.84. The number of fused-ring (bicyclic) bond motifs is 1. The van der Waals surface area contributed by atoms with Gasteiger partial charge in [0, 0.05) is 12.7 Å². The number of carbonyl (C=O) groups excluding carboxylic acids is 1. The summed E-state index contributed by atoms with van der Waals surface area (Å²) in [5, 5.41) is 3.88. The molecular formula is C25H25FN2OS. The number of thioether (sulfide) groups is 1. The highest BCUT2D eigenvalue weighted by molar-refractivity contribution is 7.99. The Morgan fingerprint density at radius 2 is 1.77 bits per heavy atom. The summed E-state index contributed by atoms with van der Waals surface area (Å²) in [5.41, 5.74) is 4.55. The van der Waals surface area contributed by atoms with E-state index in [2.05, 4.69) is 34.6 Å². The van der Waals surface area contributed by atoms with E-state index in [1.165, 1.54) is 23.3 Å². The zero-order valence-electron chi connectivity index (χ0n) is 16.8. The fraction of sp³-hybridized carbons (Fsp3) is 0.280. The van der Waals surface area contributed by atoms with Gasteiger partial charge in [0.05, 0.1) is 5.56 Å². The Morgan fingerprint density at radius 3 is 2.50 bits per heavy atom. The number of rotatable bonds is 8. The van der Waals surface area contributed by atoms with Gasteiger partial charge in [0.15, 0.2) is 0 Å². The molecule has 0 saturated carbocycles. The van der Waals surface area contributed by atoms with E-state index in [-0.39, 0.29) is 11.7 Å². The van der Waals surface area contributed by atoms with Crippen molar-refractivity contribution in [2.45, 2.75) is 30.7 Å². The van der Waals surface area contributed by atoms with Crippen molar-refractivity contribution >= 4 is 17.7 Å². The normalized spacial score (nSPS) is 13.2. The number of pyridine rings is 1. The van der Waals surface area contributed by atoms with Crippen LogP contribution in [0.1, 0.15) is 33.5 Å². The molecule has 0 aliphatic heterocycles. The fourth-order valence-electron chi connectivity index (χ4n) is 3.90. The number of hydrogen-bond acceptors (Lipinski definition) is 3. The Hall–Kier alpha value is -2.66. The molecule has 0 atom stereocenters. The van der Waals surface area contributed by atoms with Crippen molar-refractivity contribution in [3.05, 3.63) is 94.9 Å². The molecule has 1 heterocycles. The number of hydrogen-bond donors (Lipinski definition) is 1. The van der Waals surface area contributed by atoms with Crippen LogP contribution in [-0.4, -0.2) is 23.2 Å². The van der Waals surface area contributed by atoms with Gasteiger partial charge in [-0.25, -0.2) is 9.37 Å². The van der Waals surface area contributed by atoms with Crippen LogP contribution in [0.25, 0.3) is 0 Å². The summed E-state index contributed by atoms with van der Waals surface area (Å²) < 4.78 is 13.0. The van der Waals surface area contributed by atoms with Gasteiger partial charge in [0.25, 0.3) is 5.91 Å². The van der Waals surface area contributed by atoms with Crippen LogP contribution >= 0.6 is 11.8 Å². The van der Waals surface area contributed by atoms with Crippen LogP contribution in [0.5, 0.6) is 0 Å². The minimum absolute atomic E-state index is 0.0555. The molecule has 0 spiro atoms. The molecule has 0 unspecified atom stereocenters. The molecule has 1 amide bonds. The van der Waals surface area contributed by atoms with Gasteiger partial charge < -0.3 is 5.32 Å². The largest absolute Gasteiger partial charge is 0.352 e. The summed E-state index contributed by atoms with van der Waals surface area (Å²) in [6.07, 6.45) is 5.59. The van der Waals surface area contributed by atoms with Crippen molar-refractivity contribution in [1.29, 1.82) is 0 Å². The molecule has 1 aromatic heterocycles. The molecule has 2 aromatic carbocycles. The van der Waals surface area contributed by atoms with E-state index in [1.807, 2.05) is 24.3 Å². The third-order valence-electron chi connectivity index (χ3n) is 5.46. The highest BCUT2D eigenvalue weighted by Crippen LogP contribution is 2.26. The molecule has 0 radical (unpaired) electrons. The third-order valence-corrected chi connectivity index (χ3v) is 6.56. The van der Waals surface area contributed by atoms with Crippen molar-refractivity contribution < 1.29 is 9.18 Å². The minimum Gasteiger partial charge on any atom is -0.352 e. The predicted octanol–water partition coefficient (Wildman–Crippen LogP) is 5.09. The van der Waals surface area contributed by atoms with Gasteiger partial charge in [0.2, 0.25) is 0 Å². The number of aromatic nitrogens is 1. The molecule has 4 rings (SSSR count). The monoisotopic (exact) mass is 420 g/mol. The van der Waals surface area contributed by atoms with Crippen LogP contribution in [0.3, 0.4) is 0 Å². The molecule has 30 heavy (non-hydrogen) atoms. The third kappa shape index (κ3) is 5.28. The Kier molecular flexibility index (Phi) is 6.80. The highest BCUT2D eigenvalue weighted by atomic mass is 32.2. The lowest BCUT2D eigenvalue weighted by molar-refractivity contribution is 0.0944. The molecule has 1 N–H and O–H groups in total. The van der Waals surface area contributed by atoms with Crippen molar-refractivity contribution in [2.24, 2.45) is 5.92 Å². The lowest BCUT2D eigenvalue weighted by atomic mass is 10.1. The van der Waals surface area contributed by atoms with Gasteiger partial charge in [-0.1, -0.05) is 36.4 Å². The topological polar surface area (TPSA) is 42.0 Å². The number of nitrogens with one attached hydrogen (secondary N) is 1. The Balaban J connectivity index is 1.27. The van der Waals surface area contributed by atoms with Gasteiger partial charge >= 0.3 is 0 Å². The van der Waals surface area contributed by atoms with E-state index in [4.69, 9.17) is 0 Å². The van der Waals surface area contributed by atoms with Crippen LogP contribution < -0.4 is 5.32 Å². The number of amides is 1. The highest BCUT2D eigenvalue weighted by Gasteiger charge is 2.22. The Labute approximate surface area is 181 Å². The van der Waals surface area contributed by atoms with Gasteiger partial charge in [0.1, 0.15) is 10.8 Å². The first-order chi connectivity index (χ1) is 14.7. The number of aryl methyl sites for hydroxylation is 1. The van der Waals surface area contributed by atoms with Crippen molar-refractivity contribution in [3.8, 4) is 0 Å². The maximum absolute atomic E-state index is 13.0. The predicted molar refractivity (Wildman–Crippen MR) is 119 cm³/mol. The second-order valence-electron chi connectivity index (χ2n) is 7.69. The molecule has 0 fully saturated rings. The number of benzene rings is 2. The molecule has 154 valence electrons. The molecule has 5 heteroatoms. The van der Waals surface area contributed by atoms with Gasteiger partial charge in [-0.15, -0.1) is 11.8 Å². The lowest BCUT2D eigenvalue weighted by Gasteiger charge is -2.12.